The Morgan fingerprint density at radius 1 is 1.50 bits per heavy atom. The van der Waals surface area contributed by atoms with Gasteiger partial charge in [0.05, 0.1) is 6.61 Å². The Morgan fingerprint density at radius 2 is 2.35 bits per heavy atom. The molecule has 0 aromatic heterocycles. The largest absolute Gasteiger partial charge is 0.384 e. The van der Waals surface area contributed by atoms with Crippen molar-refractivity contribution < 1.29 is 9.53 Å². The van der Waals surface area contributed by atoms with Crippen molar-refractivity contribution in [2.45, 2.75) is 12.5 Å². The number of likely N-dealkylation sites (N-methyl/N-ethyl adjacent to an activating group) is 1. The Balaban J connectivity index is 1.78. The lowest BCUT2D eigenvalue weighted by atomic mass is 10.1. The summed E-state index contributed by atoms with van der Waals surface area (Å²) in [5, 5.41) is 5.99. The molecule has 2 aliphatic rings. The molecular formula is C15H21N3O2. The number of methoxy groups -OCH3 is 1. The van der Waals surface area contributed by atoms with E-state index >= 15 is 0 Å². The minimum absolute atomic E-state index is 0.0262. The standard InChI is InChI=1S/C15H21N3O2/c1-16-14-12-4-3-11(7-13(12)17-15(14)19)18-6-5-10(8-18)9-20-2/h3-4,7,10,14,16H,5-6,8-9H2,1-2H3,(H,17,19). The van der Waals surface area contributed by atoms with Crippen LogP contribution in [-0.2, 0) is 9.53 Å². The van der Waals surface area contributed by atoms with Crippen LogP contribution >= 0.6 is 0 Å². The van der Waals surface area contributed by atoms with Crippen LogP contribution in [0.2, 0.25) is 0 Å². The Bertz CT molecular complexity index is 518. The van der Waals surface area contributed by atoms with Crippen LogP contribution in [0.1, 0.15) is 18.0 Å². The zero-order valence-corrected chi connectivity index (χ0v) is 12.0. The summed E-state index contributed by atoms with van der Waals surface area (Å²) < 4.78 is 5.23. The first kappa shape index (κ1) is 13.4. The molecule has 0 aliphatic carbocycles. The van der Waals surface area contributed by atoms with Gasteiger partial charge in [0.25, 0.3) is 0 Å². The number of benzene rings is 1. The van der Waals surface area contributed by atoms with Gasteiger partial charge in [0, 0.05) is 43.1 Å². The van der Waals surface area contributed by atoms with Crippen molar-refractivity contribution in [1.82, 2.24) is 5.32 Å². The molecule has 0 saturated carbocycles. The summed E-state index contributed by atoms with van der Waals surface area (Å²) >= 11 is 0. The van der Waals surface area contributed by atoms with E-state index in [1.165, 1.54) is 5.69 Å². The number of hydrogen-bond acceptors (Lipinski definition) is 4. The third-order valence-corrected chi connectivity index (χ3v) is 4.21. The number of ether oxygens (including phenoxy) is 1. The van der Waals surface area contributed by atoms with Gasteiger partial charge in [-0.2, -0.15) is 0 Å². The van der Waals surface area contributed by atoms with Crippen molar-refractivity contribution in [3.63, 3.8) is 0 Å². The number of hydrogen-bond donors (Lipinski definition) is 2. The van der Waals surface area contributed by atoms with Crippen molar-refractivity contribution in [1.29, 1.82) is 0 Å². The fraction of sp³-hybridized carbons (Fsp3) is 0.533. The molecule has 1 saturated heterocycles. The van der Waals surface area contributed by atoms with Crippen LogP contribution in [0.4, 0.5) is 11.4 Å². The van der Waals surface area contributed by atoms with Gasteiger partial charge in [-0.1, -0.05) is 6.07 Å². The molecule has 2 unspecified atom stereocenters. The van der Waals surface area contributed by atoms with Crippen molar-refractivity contribution in [2.24, 2.45) is 5.92 Å². The Morgan fingerprint density at radius 3 is 3.10 bits per heavy atom. The predicted molar refractivity (Wildman–Crippen MR) is 79.1 cm³/mol. The number of rotatable bonds is 4. The van der Waals surface area contributed by atoms with Gasteiger partial charge in [-0.15, -0.1) is 0 Å². The van der Waals surface area contributed by atoms with Crippen LogP contribution in [0.5, 0.6) is 0 Å². The van der Waals surface area contributed by atoms with Crippen molar-refractivity contribution >= 4 is 17.3 Å². The maximum Gasteiger partial charge on any atom is 0.246 e. The molecule has 20 heavy (non-hydrogen) atoms. The van der Waals surface area contributed by atoms with Gasteiger partial charge >= 0.3 is 0 Å². The van der Waals surface area contributed by atoms with E-state index in [-0.39, 0.29) is 11.9 Å². The minimum atomic E-state index is -0.223. The summed E-state index contributed by atoms with van der Waals surface area (Å²) in [6.45, 7) is 2.90. The van der Waals surface area contributed by atoms with E-state index in [0.717, 1.165) is 37.4 Å². The second-order valence-electron chi connectivity index (χ2n) is 5.54. The van der Waals surface area contributed by atoms with Gasteiger partial charge in [-0.05, 0) is 25.6 Å². The second kappa shape index (κ2) is 5.42. The number of carbonyl (C=O) groups excluding carboxylic acids is 1. The van der Waals surface area contributed by atoms with Gasteiger partial charge in [-0.25, -0.2) is 0 Å². The number of nitrogens with zero attached hydrogens (tertiary/aromatic N) is 1. The van der Waals surface area contributed by atoms with Crippen LogP contribution < -0.4 is 15.5 Å². The summed E-state index contributed by atoms with van der Waals surface area (Å²) in [6, 6.07) is 6.02. The van der Waals surface area contributed by atoms with Gasteiger partial charge in [-0.3, -0.25) is 4.79 Å². The van der Waals surface area contributed by atoms with E-state index in [4.69, 9.17) is 4.74 Å². The Labute approximate surface area is 119 Å². The average Bonchev–Trinajstić information content (AvgIpc) is 3.01. The third kappa shape index (κ3) is 2.27. The molecule has 1 aromatic rings. The first-order valence-corrected chi connectivity index (χ1v) is 7.09. The summed E-state index contributed by atoms with van der Waals surface area (Å²) in [7, 11) is 3.56. The monoisotopic (exact) mass is 275 g/mol. The highest BCUT2D eigenvalue weighted by atomic mass is 16.5. The fourth-order valence-electron chi connectivity index (χ4n) is 3.17. The third-order valence-electron chi connectivity index (χ3n) is 4.21. The van der Waals surface area contributed by atoms with Crippen LogP contribution in [0.15, 0.2) is 18.2 Å². The maximum absolute atomic E-state index is 11.8. The average molecular weight is 275 g/mol. The van der Waals surface area contributed by atoms with Gasteiger partial charge in [0.1, 0.15) is 6.04 Å². The highest BCUT2D eigenvalue weighted by molar-refractivity contribution is 6.03. The topological polar surface area (TPSA) is 53.6 Å². The molecule has 2 aliphatic heterocycles. The van der Waals surface area contributed by atoms with E-state index in [1.807, 2.05) is 13.1 Å². The Hall–Kier alpha value is -1.59. The van der Waals surface area contributed by atoms with Crippen LogP contribution in [-0.4, -0.2) is 39.8 Å². The molecule has 0 bridgehead atoms. The summed E-state index contributed by atoms with van der Waals surface area (Å²) in [6.07, 6.45) is 1.16. The van der Waals surface area contributed by atoms with E-state index in [0.29, 0.717) is 5.92 Å². The molecule has 5 heteroatoms. The first-order valence-electron chi connectivity index (χ1n) is 7.09. The SMILES string of the molecule is CNC1C(=O)Nc2cc(N3CCC(COC)C3)ccc21. The fourth-order valence-corrected chi connectivity index (χ4v) is 3.17. The van der Waals surface area contributed by atoms with E-state index < -0.39 is 0 Å². The summed E-state index contributed by atoms with van der Waals surface area (Å²) in [4.78, 5) is 14.2. The molecule has 108 valence electrons. The second-order valence-corrected chi connectivity index (χ2v) is 5.54. The maximum atomic E-state index is 11.8. The molecule has 5 nitrogen and oxygen atoms in total. The highest BCUT2D eigenvalue weighted by Gasteiger charge is 2.30. The molecule has 1 fully saturated rings. The van der Waals surface area contributed by atoms with Crippen LogP contribution in [0.3, 0.4) is 0 Å². The lowest BCUT2D eigenvalue weighted by Gasteiger charge is -2.19. The number of nitrogens with one attached hydrogen (secondary N) is 2. The van der Waals surface area contributed by atoms with Crippen LogP contribution in [0.25, 0.3) is 0 Å². The normalized spacial score (nSPS) is 24.9. The Kier molecular flexibility index (Phi) is 3.63. The minimum Gasteiger partial charge on any atom is -0.384 e. The van der Waals surface area contributed by atoms with Gasteiger partial charge < -0.3 is 20.3 Å². The van der Waals surface area contributed by atoms with Gasteiger partial charge in [0.2, 0.25) is 5.91 Å². The molecule has 0 radical (unpaired) electrons. The molecular weight excluding hydrogens is 254 g/mol. The molecule has 1 amide bonds. The zero-order valence-electron chi connectivity index (χ0n) is 12.0. The molecule has 2 N–H and O–H groups in total. The van der Waals surface area contributed by atoms with Crippen molar-refractivity contribution in [3.8, 4) is 0 Å². The number of fused-ring (bicyclic) bond motifs is 1. The van der Waals surface area contributed by atoms with E-state index in [2.05, 4.69) is 27.7 Å². The molecule has 1 aromatic carbocycles. The quantitative estimate of drug-likeness (QED) is 0.871. The summed E-state index contributed by atoms with van der Waals surface area (Å²) in [5.41, 5.74) is 3.15. The lowest BCUT2D eigenvalue weighted by Crippen LogP contribution is -2.23. The first-order chi connectivity index (χ1) is 9.72. The lowest BCUT2D eigenvalue weighted by molar-refractivity contribution is -0.117. The molecule has 3 rings (SSSR count). The van der Waals surface area contributed by atoms with Crippen molar-refractivity contribution in [2.75, 3.05) is 44.1 Å². The highest BCUT2D eigenvalue weighted by Crippen LogP contribution is 2.35. The van der Waals surface area contributed by atoms with Crippen LogP contribution in [0, 0.1) is 5.92 Å². The van der Waals surface area contributed by atoms with Gasteiger partial charge in [0.15, 0.2) is 0 Å². The van der Waals surface area contributed by atoms with E-state index in [1.54, 1.807) is 7.11 Å². The van der Waals surface area contributed by atoms with Crippen molar-refractivity contribution in [3.05, 3.63) is 23.8 Å². The molecule has 2 heterocycles. The molecule has 0 spiro atoms. The number of amides is 1. The number of anilines is 2. The number of carbonyl (C=O) groups is 1. The summed E-state index contributed by atoms with van der Waals surface area (Å²) in [5.74, 6) is 0.631. The smallest absolute Gasteiger partial charge is 0.246 e. The zero-order chi connectivity index (χ0) is 14.1. The predicted octanol–water partition coefficient (Wildman–Crippen LogP) is 1.37. The van der Waals surface area contributed by atoms with E-state index in [9.17, 15) is 4.79 Å². The molecule has 2 atom stereocenters.